The number of nitrogens with zero attached hydrogens (tertiary/aromatic N) is 1. The lowest BCUT2D eigenvalue weighted by atomic mass is 10.0. The van der Waals surface area contributed by atoms with Gasteiger partial charge < -0.3 is 14.4 Å². The van der Waals surface area contributed by atoms with Gasteiger partial charge in [0.2, 0.25) is 0 Å². The molecule has 0 saturated heterocycles. The summed E-state index contributed by atoms with van der Waals surface area (Å²) in [4.78, 5) is 27.4. The number of hydrogen-bond donors (Lipinski definition) is 0. The maximum atomic E-state index is 13.3. The first-order valence-corrected chi connectivity index (χ1v) is 9.87. The number of hydrogen-bond acceptors (Lipinski definition) is 4. The second-order valence-corrected chi connectivity index (χ2v) is 7.69. The number of amides is 1. The summed E-state index contributed by atoms with van der Waals surface area (Å²) in [5.41, 5.74) is 3.95. The van der Waals surface area contributed by atoms with Gasteiger partial charge in [0.05, 0.1) is 31.9 Å². The van der Waals surface area contributed by atoms with E-state index in [0.29, 0.717) is 23.6 Å². The number of methoxy groups -OCH3 is 2. The molecule has 1 heterocycles. The highest BCUT2D eigenvalue weighted by Gasteiger charge is 2.37. The minimum atomic E-state index is -0.539. The summed E-state index contributed by atoms with van der Waals surface area (Å²) >= 11 is 3.44. The molecule has 5 nitrogen and oxygen atoms in total. The third-order valence-electron chi connectivity index (χ3n) is 4.85. The van der Waals surface area contributed by atoms with Crippen LogP contribution in [-0.2, 0) is 20.9 Å². The summed E-state index contributed by atoms with van der Waals surface area (Å²) in [5.74, 6) is -0.180. The van der Waals surface area contributed by atoms with Gasteiger partial charge in [-0.3, -0.25) is 4.79 Å². The molecule has 0 radical (unpaired) electrons. The highest BCUT2D eigenvalue weighted by atomic mass is 79.9. The van der Waals surface area contributed by atoms with Crippen LogP contribution in [0.15, 0.2) is 63.8 Å². The van der Waals surface area contributed by atoms with Crippen LogP contribution in [0.25, 0.3) is 6.08 Å². The summed E-state index contributed by atoms with van der Waals surface area (Å²) < 4.78 is 11.2. The van der Waals surface area contributed by atoms with Gasteiger partial charge in [0.25, 0.3) is 5.91 Å². The van der Waals surface area contributed by atoms with E-state index in [0.717, 1.165) is 15.6 Å². The van der Waals surface area contributed by atoms with E-state index >= 15 is 0 Å². The van der Waals surface area contributed by atoms with Crippen molar-refractivity contribution in [3.63, 3.8) is 0 Å². The lowest BCUT2D eigenvalue weighted by molar-refractivity contribution is -0.136. The highest BCUT2D eigenvalue weighted by Crippen LogP contribution is 2.35. The van der Waals surface area contributed by atoms with Crippen molar-refractivity contribution in [1.29, 1.82) is 0 Å². The van der Waals surface area contributed by atoms with Crippen LogP contribution in [0.3, 0.4) is 0 Å². The number of carbonyl (C=O) groups is 2. The van der Waals surface area contributed by atoms with Crippen LogP contribution >= 0.6 is 15.9 Å². The summed E-state index contributed by atoms with van der Waals surface area (Å²) in [6, 6.07) is 13.4. The third-order valence-corrected chi connectivity index (χ3v) is 5.35. The molecule has 0 aliphatic carbocycles. The van der Waals surface area contributed by atoms with Gasteiger partial charge in [-0.05, 0) is 43.7 Å². The monoisotopic (exact) mass is 455 g/mol. The minimum Gasteiger partial charge on any atom is -0.496 e. The number of rotatable bonds is 5. The second-order valence-electron chi connectivity index (χ2n) is 6.77. The molecule has 1 amide bonds. The van der Waals surface area contributed by atoms with Crippen LogP contribution in [0.4, 0.5) is 0 Å². The molecule has 29 heavy (non-hydrogen) atoms. The molecule has 0 aromatic heterocycles. The molecule has 0 fully saturated rings. The van der Waals surface area contributed by atoms with Gasteiger partial charge in [-0.15, -0.1) is 0 Å². The molecular formula is C23H22BrNO4. The van der Waals surface area contributed by atoms with E-state index in [1.165, 1.54) is 7.11 Å². The molecule has 0 N–H and O–H groups in total. The molecule has 0 unspecified atom stereocenters. The Bertz CT molecular complexity index is 1020. The summed E-state index contributed by atoms with van der Waals surface area (Å²) in [5, 5.41) is 0. The number of ether oxygens (including phenoxy) is 2. The Balaban J connectivity index is 2.07. The zero-order chi connectivity index (χ0) is 21.1. The number of carbonyl (C=O) groups excluding carboxylic acids is 2. The average Bonchev–Trinajstić information content (AvgIpc) is 2.93. The maximum Gasteiger partial charge on any atom is 0.340 e. The van der Waals surface area contributed by atoms with E-state index in [1.807, 2.05) is 43.3 Å². The fraction of sp³-hybridized carbons (Fsp3) is 0.217. The van der Waals surface area contributed by atoms with Gasteiger partial charge in [-0.2, -0.15) is 0 Å². The lowest BCUT2D eigenvalue weighted by Gasteiger charge is -2.18. The first-order valence-electron chi connectivity index (χ1n) is 9.08. The van der Waals surface area contributed by atoms with Crippen molar-refractivity contribution in [1.82, 2.24) is 4.90 Å². The standard InChI is InChI=1S/C23H22BrNO4/c1-14-5-7-16(8-6-14)13-25-15(2)21(23(27)29-4)19(22(25)26)12-17-11-18(24)9-10-20(17)28-3/h5-12H,13H2,1-4H3/b19-12-. The van der Waals surface area contributed by atoms with Gasteiger partial charge >= 0.3 is 5.97 Å². The van der Waals surface area contributed by atoms with Gasteiger partial charge in [-0.1, -0.05) is 45.8 Å². The van der Waals surface area contributed by atoms with Gasteiger partial charge in [-0.25, -0.2) is 4.79 Å². The van der Waals surface area contributed by atoms with Crippen LogP contribution in [0.5, 0.6) is 5.75 Å². The number of halogens is 1. The Morgan fingerprint density at radius 2 is 1.79 bits per heavy atom. The lowest BCUT2D eigenvalue weighted by Crippen LogP contribution is -2.24. The first-order chi connectivity index (χ1) is 13.8. The number of benzene rings is 2. The molecule has 0 bridgehead atoms. The largest absolute Gasteiger partial charge is 0.496 e. The molecule has 1 aliphatic rings. The topological polar surface area (TPSA) is 55.8 Å². The van der Waals surface area contributed by atoms with Crippen molar-refractivity contribution in [2.45, 2.75) is 20.4 Å². The zero-order valence-corrected chi connectivity index (χ0v) is 18.4. The predicted molar refractivity (Wildman–Crippen MR) is 115 cm³/mol. The van der Waals surface area contributed by atoms with Crippen LogP contribution in [0.1, 0.15) is 23.6 Å². The Labute approximate surface area is 178 Å². The molecule has 2 aromatic carbocycles. The fourth-order valence-electron chi connectivity index (χ4n) is 3.27. The molecule has 0 spiro atoms. The van der Waals surface area contributed by atoms with Crippen LogP contribution in [0, 0.1) is 6.92 Å². The van der Waals surface area contributed by atoms with Crippen molar-refractivity contribution in [3.8, 4) is 5.75 Å². The molecule has 2 aromatic rings. The predicted octanol–water partition coefficient (Wildman–Crippen LogP) is 4.64. The van der Waals surface area contributed by atoms with Gasteiger partial charge in [0.1, 0.15) is 5.75 Å². The van der Waals surface area contributed by atoms with E-state index in [2.05, 4.69) is 15.9 Å². The SMILES string of the molecule is COC(=O)C1=C(C)N(Cc2ccc(C)cc2)C(=O)/C1=C\c1cc(Br)ccc1OC. The van der Waals surface area contributed by atoms with Crippen molar-refractivity contribution in [2.75, 3.05) is 14.2 Å². The van der Waals surface area contributed by atoms with E-state index in [1.54, 1.807) is 31.1 Å². The molecule has 1 aliphatic heterocycles. The Kier molecular flexibility index (Phi) is 6.23. The van der Waals surface area contributed by atoms with Gasteiger partial charge in [0, 0.05) is 15.7 Å². The Morgan fingerprint density at radius 1 is 1.10 bits per heavy atom. The smallest absolute Gasteiger partial charge is 0.340 e. The summed E-state index contributed by atoms with van der Waals surface area (Å²) in [6.45, 7) is 4.15. The van der Waals surface area contributed by atoms with E-state index < -0.39 is 5.97 Å². The van der Waals surface area contributed by atoms with Crippen molar-refractivity contribution in [3.05, 3.63) is 80.5 Å². The van der Waals surface area contributed by atoms with E-state index in [4.69, 9.17) is 9.47 Å². The third kappa shape index (κ3) is 4.27. The average molecular weight is 456 g/mol. The van der Waals surface area contributed by atoms with E-state index in [9.17, 15) is 9.59 Å². The molecule has 3 rings (SSSR count). The van der Waals surface area contributed by atoms with Crippen molar-refractivity contribution >= 4 is 33.9 Å². The quantitative estimate of drug-likeness (QED) is 0.486. The summed E-state index contributed by atoms with van der Waals surface area (Å²) in [6.07, 6.45) is 1.68. The van der Waals surface area contributed by atoms with Crippen LogP contribution < -0.4 is 4.74 Å². The van der Waals surface area contributed by atoms with Crippen LogP contribution in [-0.4, -0.2) is 31.0 Å². The normalized spacial score (nSPS) is 15.3. The zero-order valence-electron chi connectivity index (χ0n) is 16.8. The number of allylic oxidation sites excluding steroid dienone is 1. The molecule has 150 valence electrons. The van der Waals surface area contributed by atoms with Gasteiger partial charge in [0.15, 0.2) is 0 Å². The van der Waals surface area contributed by atoms with E-state index in [-0.39, 0.29) is 17.1 Å². The van der Waals surface area contributed by atoms with Crippen LogP contribution in [0.2, 0.25) is 0 Å². The Morgan fingerprint density at radius 3 is 2.41 bits per heavy atom. The summed E-state index contributed by atoms with van der Waals surface area (Å²) in [7, 11) is 2.88. The second kappa shape index (κ2) is 8.66. The molecular weight excluding hydrogens is 434 g/mol. The highest BCUT2D eigenvalue weighted by molar-refractivity contribution is 9.10. The number of esters is 1. The van der Waals surface area contributed by atoms with Crippen molar-refractivity contribution in [2.24, 2.45) is 0 Å². The Hall–Kier alpha value is -2.86. The minimum absolute atomic E-state index is 0.245. The molecule has 6 heteroatoms. The molecule has 0 atom stereocenters. The molecule has 0 saturated carbocycles. The maximum absolute atomic E-state index is 13.3. The first kappa shape index (κ1) is 20.9. The number of aryl methyl sites for hydroxylation is 1. The fourth-order valence-corrected chi connectivity index (χ4v) is 3.65. The van der Waals surface area contributed by atoms with Crippen molar-refractivity contribution < 1.29 is 19.1 Å².